The minimum atomic E-state index is -0.360. The van der Waals surface area contributed by atoms with Gasteiger partial charge in [0.2, 0.25) is 5.91 Å². The third-order valence-electron chi connectivity index (χ3n) is 3.32. The fraction of sp³-hybridized carbons (Fsp3) is 0.353. The van der Waals surface area contributed by atoms with Crippen LogP contribution in [0.4, 0.5) is 5.82 Å². The maximum Gasteiger partial charge on any atom is 0.254 e. The van der Waals surface area contributed by atoms with Gasteiger partial charge in [0.1, 0.15) is 12.8 Å². The molecule has 134 valence electrons. The molecule has 0 aliphatic rings. The Morgan fingerprint density at radius 2 is 2.20 bits per heavy atom. The molecule has 1 heterocycles. The number of nitrogens with one attached hydrogen (secondary N) is 1. The maximum absolute atomic E-state index is 12.7. The largest absolute Gasteiger partial charge is 0.382 e. The Morgan fingerprint density at radius 3 is 2.88 bits per heavy atom. The lowest BCUT2D eigenvalue weighted by Crippen LogP contribution is -2.39. The molecule has 1 aromatic heterocycles. The molecule has 0 spiro atoms. The van der Waals surface area contributed by atoms with Crippen molar-refractivity contribution < 1.29 is 18.8 Å². The first-order valence-electron chi connectivity index (χ1n) is 7.93. The molecule has 2 aromatic rings. The van der Waals surface area contributed by atoms with Gasteiger partial charge in [0, 0.05) is 36.4 Å². The monoisotopic (exact) mass is 365 g/mol. The Hall–Kier alpha value is -2.38. The Bertz CT molecular complexity index is 691. The minimum Gasteiger partial charge on any atom is -0.382 e. The van der Waals surface area contributed by atoms with E-state index in [1.807, 2.05) is 6.92 Å². The highest BCUT2D eigenvalue weighted by atomic mass is 35.5. The average Bonchev–Trinajstić information content (AvgIpc) is 3.10. The summed E-state index contributed by atoms with van der Waals surface area (Å²) < 4.78 is 9.96. The topological polar surface area (TPSA) is 84.7 Å². The lowest BCUT2D eigenvalue weighted by Gasteiger charge is -2.22. The van der Waals surface area contributed by atoms with E-state index in [2.05, 4.69) is 15.0 Å². The number of hydrogen-bond acceptors (Lipinski definition) is 5. The van der Waals surface area contributed by atoms with Gasteiger partial charge in [0.25, 0.3) is 5.91 Å². The van der Waals surface area contributed by atoms with Crippen LogP contribution in [0.2, 0.25) is 5.02 Å². The van der Waals surface area contributed by atoms with Crippen molar-refractivity contribution in [3.8, 4) is 0 Å². The van der Waals surface area contributed by atoms with Gasteiger partial charge < -0.3 is 19.5 Å². The molecule has 0 saturated carbocycles. The zero-order valence-corrected chi connectivity index (χ0v) is 14.7. The first-order chi connectivity index (χ1) is 12.1. The first-order valence-corrected chi connectivity index (χ1v) is 8.30. The van der Waals surface area contributed by atoms with Crippen LogP contribution in [0, 0.1) is 0 Å². The number of rotatable bonds is 9. The number of amides is 2. The Kier molecular flexibility index (Phi) is 7.43. The number of anilines is 1. The fourth-order valence-electron chi connectivity index (χ4n) is 2.19. The van der Waals surface area contributed by atoms with Gasteiger partial charge in [-0.2, -0.15) is 0 Å². The molecule has 0 unspecified atom stereocenters. The molecule has 0 fully saturated rings. The molecule has 2 rings (SSSR count). The predicted molar refractivity (Wildman–Crippen MR) is 93.6 cm³/mol. The van der Waals surface area contributed by atoms with Gasteiger partial charge in [-0.3, -0.25) is 9.59 Å². The zero-order valence-electron chi connectivity index (χ0n) is 13.9. The van der Waals surface area contributed by atoms with E-state index in [0.29, 0.717) is 42.6 Å². The van der Waals surface area contributed by atoms with Crippen LogP contribution in [0.1, 0.15) is 23.7 Å². The zero-order chi connectivity index (χ0) is 18.1. The lowest BCUT2D eigenvalue weighted by atomic mass is 10.2. The highest BCUT2D eigenvalue weighted by Crippen LogP contribution is 2.13. The van der Waals surface area contributed by atoms with Crippen LogP contribution >= 0.6 is 11.6 Å². The SMILES string of the molecule is CCOCCCN(CC(=O)Nc1ccon1)C(=O)c1cccc(Cl)c1. The highest BCUT2D eigenvalue weighted by molar-refractivity contribution is 6.31. The lowest BCUT2D eigenvalue weighted by molar-refractivity contribution is -0.117. The second-order valence-corrected chi connectivity index (χ2v) is 5.66. The van der Waals surface area contributed by atoms with Gasteiger partial charge in [-0.05, 0) is 31.5 Å². The molecule has 0 radical (unpaired) electrons. The third kappa shape index (κ3) is 6.21. The molecule has 2 amide bonds. The molecular formula is C17H20ClN3O4. The quantitative estimate of drug-likeness (QED) is 0.691. The van der Waals surface area contributed by atoms with E-state index in [4.69, 9.17) is 16.3 Å². The summed E-state index contributed by atoms with van der Waals surface area (Å²) in [6.45, 7) is 3.30. The summed E-state index contributed by atoms with van der Waals surface area (Å²) in [5.41, 5.74) is 0.429. The van der Waals surface area contributed by atoms with E-state index < -0.39 is 0 Å². The molecule has 1 aromatic carbocycles. The molecule has 1 N–H and O–H groups in total. The summed E-state index contributed by atoms with van der Waals surface area (Å²) >= 11 is 5.95. The molecule has 0 atom stereocenters. The van der Waals surface area contributed by atoms with Gasteiger partial charge in [-0.1, -0.05) is 22.8 Å². The van der Waals surface area contributed by atoms with Crippen molar-refractivity contribution >= 4 is 29.2 Å². The third-order valence-corrected chi connectivity index (χ3v) is 3.55. The molecule has 0 aliphatic carbocycles. The molecule has 8 heteroatoms. The molecular weight excluding hydrogens is 346 g/mol. The van der Waals surface area contributed by atoms with Crippen LogP contribution < -0.4 is 5.32 Å². The Balaban J connectivity index is 2.03. The van der Waals surface area contributed by atoms with Gasteiger partial charge in [-0.15, -0.1) is 0 Å². The van der Waals surface area contributed by atoms with Crippen LogP contribution in [-0.4, -0.2) is 48.2 Å². The number of ether oxygens (including phenoxy) is 1. The Labute approximate surface area is 150 Å². The molecule has 0 aliphatic heterocycles. The number of nitrogens with zero attached hydrogens (tertiary/aromatic N) is 2. The van der Waals surface area contributed by atoms with E-state index in [-0.39, 0.29) is 18.4 Å². The standard InChI is InChI=1S/C17H20ClN3O4/c1-2-24-9-4-8-21(12-16(22)19-15-7-10-25-20-15)17(23)13-5-3-6-14(18)11-13/h3,5-7,10-11H,2,4,8-9,12H2,1H3,(H,19,20,22). The van der Waals surface area contributed by atoms with Crippen molar-refractivity contribution in [3.63, 3.8) is 0 Å². The van der Waals surface area contributed by atoms with Crippen molar-refractivity contribution in [1.82, 2.24) is 10.1 Å². The van der Waals surface area contributed by atoms with E-state index in [9.17, 15) is 9.59 Å². The summed E-state index contributed by atoms with van der Waals surface area (Å²) in [7, 11) is 0. The number of carbonyl (C=O) groups excluding carboxylic acids is 2. The Morgan fingerprint density at radius 1 is 1.36 bits per heavy atom. The predicted octanol–water partition coefficient (Wildman–Crippen LogP) is 2.84. The average molecular weight is 366 g/mol. The summed E-state index contributed by atoms with van der Waals surface area (Å²) in [5, 5.41) is 6.66. The number of carbonyl (C=O) groups is 2. The fourth-order valence-corrected chi connectivity index (χ4v) is 2.38. The van der Waals surface area contributed by atoms with Crippen LogP contribution in [-0.2, 0) is 9.53 Å². The van der Waals surface area contributed by atoms with Crippen molar-refractivity contribution in [2.75, 3.05) is 31.6 Å². The van der Waals surface area contributed by atoms with Crippen molar-refractivity contribution in [2.45, 2.75) is 13.3 Å². The number of hydrogen-bond donors (Lipinski definition) is 1. The number of benzene rings is 1. The van der Waals surface area contributed by atoms with Crippen LogP contribution in [0.5, 0.6) is 0 Å². The molecule has 25 heavy (non-hydrogen) atoms. The van der Waals surface area contributed by atoms with Crippen molar-refractivity contribution in [2.24, 2.45) is 0 Å². The van der Waals surface area contributed by atoms with Crippen molar-refractivity contribution in [1.29, 1.82) is 0 Å². The normalized spacial score (nSPS) is 10.5. The second-order valence-electron chi connectivity index (χ2n) is 5.22. The van der Waals surface area contributed by atoms with Crippen LogP contribution in [0.15, 0.2) is 41.1 Å². The number of halogens is 1. The van der Waals surface area contributed by atoms with E-state index in [1.165, 1.54) is 17.2 Å². The first kappa shape index (κ1) is 19.0. The molecule has 0 saturated heterocycles. The van der Waals surface area contributed by atoms with Crippen LogP contribution in [0.3, 0.4) is 0 Å². The van der Waals surface area contributed by atoms with E-state index in [1.54, 1.807) is 24.3 Å². The van der Waals surface area contributed by atoms with E-state index >= 15 is 0 Å². The van der Waals surface area contributed by atoms with Crippen molar-refractivity contribution in [3.05, 3.63) is 47.2 Å². The summed E-state index contributed by atoms with van der Waals surface area (Å²) in [5.74, 6) is -0.329. The number of aromatic nitrogens is 1. The van der Waals surface area contributed by atoms with Gasteiger partial charge in [0.15, 0.2) is 5.82 Å². The van der Waals surface area contributed by atoms with E-state index in [0.717, 1.165) is 0 Å². The second kappa shape index (κ2) is 9.80. The summed E-state index contributed by atoms with van der Waals surface area (Å²) in [6.07, 6.45) is 1.98. The highest BCUT2D eigenvalue weighted by Gasteiger charge is 2.19. The summed E-state index contributed by atoms with van der Waals surface area (Å²) in [4.78, 5) is 26.3. The van der Waals surface area contributed by atoms with Crippen LogP contribution in [0.25, 0.3) is 0 Å². The molecule has 0 bridgehead atoms. The maximum atomic E-state index is 12.7. The minimum absolute atomic E-state index is 0.107. The summed E-state index contributed by atoms with van der Waals surface area (Å²) in [6, 6.07) is 8.16. The van der Waals surface area contributed by atoms with Gasteiger partial charge >= 0.3 is 0 Å². The molecule has 7 nitrogen and oxygen atoms in total. The van der Waals surface area contributed by atoms with Gasteiger partial charge in [0.05, 0.1) is 0 Å². The van der Waals surface area contributed by atoms with Gasteiger partial charge in [-0.25, -0.2) is 0 Å². The smallest absolute Gasteiger partial charge is 0.254 e.